The van der Waals surface area contributed by atoms with Gasteiger partial charge < -0.3 is 5.32 Å². The van der Waals surface area contributed by atoms with Gasteiger partial charge in [0.2, 0.25) is 0 Å². The van der Waals surface area contributed by atoms with Crippen molar-refractivity contribution in [2.24, 2.45) is 5.92 Å². The third-order valence-electron chi connectivity index (χ3n) is 5.43. The molecule has 2 atom stereocenters. The van der Waals surface area contributed by atoms with Crippen LogP contribution in [0.3, 0.4) is 0 Å². The molecule has 4 heterocycles. The zero-order valence-electron chi connectivity index (χ0n) is 13.4. The predicted octanol–water partition coefficient (Wildman–Crippen LogP) is 3.78. The van der Waals surface area contributed by atoms with Crippen LogP contribution in [0.1, 0.15) is 19.8 Å². The van der Waals surface area contributed by atoms with Crippen molar-refractivity contribution in [3.63, 3.8) is 0 Å². The van der Waals surface area contributed by atoms with Gasteiger partial charge in [0, 0.05) is 23.8 Å². The van der Waals surface area contributed by atoms with Crippen molar-refractivity contribution < 1.29 is 4.39 Å². The van der Waals surface area contributed by atoms with Gasteiger partial charge in [-0.15, -0.1) is 0 Å². The molecule has 3 nitrogen and oxygen atoms in total. The Balaban J connectivity index is 1.49. The molecule has 2 bridgehead atoms. The summed E-state index contributed by atoms with van der Waals surface area (Å²) in [5.41, 5.74) is 2.00. The quantitative estimate of drug-likeness (QED) is 0.935. The lowest BCUT2D eigenvalue weighted by atomic mass is 9.79. The zero-order valence-corrected chi connectivity index (χ0v) is 13.4. The van der Waals surface area contributed by atoms with Crippen LogP contribution in [0.25, 0.3) is 11.1 Å². The lowest BCUT2D eigenvalue weighted by Gasteiger charge is -2.50. The molecule has 1 N–H and O–H groups in total. The molecule has 0 aliphatic carbocycles. The number of rotatable bonds is 3. The van der Waals surface area contributed by atoms with Gasteiger partial charge in [0.25, 0.3) is 0 Å². The summed E-state index contributed by atoms with van der Waals surface area (Å²) in [4.78, 5) is 7.14. The van der Waals surface area contributed by atoms with Gasteiger partial charge in [0.05, 0.1) is 0 Å². The smallest absolute Gasteiger partial charge is 0.126 e. The number of nitrogens with zero attached hydrogens (tertiary/aromatic N) is 2. The highest BCUT2D eigenvalue weighted by molar-refractivity contribution is 5.63. The molecule has 2 aromatic rings. The maximum Gasteiger partial charge on any atom is 0.126 e. The summed E-state index contributed by atoms with van der Waals surface area (Å²) in [7, 11) is 0. The van der Waals surface area contributed by atoms with Gasteiger partial charge >= 0.3 is 0 Å². The molecule has 23 heavy (non-hydrogen) atoms. The van der Waals surface area contributed by atoms with E-state index in [1.165, 1.54) is 38.1 Å². The molecular formula is C19H22FN3. The highest BCUT2D eigenvalue weighted by atomic mass is 19.1. The van der Waals surface area contributed by atoms with Crippen LogP contribution in [-0.4, -0.2) is 35.1 Å². The lowest BCUT2D eigenvalue weighted by molar-refractivity contribution is 0.0457. The van der Waals surface area contributed by atoms with Crippen molar-refractivity contribution >= 4 is 5.82 Å². The SMILES string of the molecule is CC1C(Nc2ccc(-c3ccc(F)cc3)cn2)C2CCN1CC2. The minimum atomic E-state index is -0.212. The van der Waals surface area contributed by atoms with E-state index in [1.807, 2.05) is 12.3 Å². The number of fused-ring (bicyclic) bond motifs is 3. The van der Waals surface area contributed by atoms with Crippen LogP contribution in [0.5, 0.6) is 0 Å². The molecule has 4 heteroatoms. The number of benzene rings is 1. The Labute approximate surface area is 136 Å². The third-order valence-corrected chi connectivity index (χ3v) is 5.43. The average Bonchev–Trinajstić information content (AvgIpc) is 2.60. The number of pyridine rings is 1. The van der Waals surface area contributed by atoms with E-state index in [2.05, 4.69) is 28.2 Å². The standard InChI is InChI=1S/C19H22FN3/c1-13-19(15-8-10-23(13)11-9-15)22-18-7-4-16(12-21-18)14-2-5-17(20)6-3-14/h2-7,12-13,15,19H,8-11H2,1H3,(H,21,22). The van der Waals surface area contributed by atoms with E-state index in [0.29, 0.717) is 12.1 Å². The minimum Gasteiger partial charge on any atom is -0.365 e. The van der Waals surface area contributed by atoms with Crippen LogP contribution in [-0.2, 0) is 0 Å². The molecular weight excluding hydrogens is 289 g/mol. The Morgan fingerprint density at radius 1 is 1.04 bits per heavy atom. The van der Waals surface area contributed by atoms with Crippen molar-refractivity contribution in [1.82, 2.24) is 9.88 Å². The fraction of sp³-hybridized carbons (Fsp3) is 0.421. The first-order valence-electron chi connectivity index (χ1n) is 8.43. The molecule has 120 valence electrons. The third kappa shape index (κ3) is 2.83. The number of aromatic nitrogens is 1. The molecule has 0 saturated carbocycles. The lowest BCUT2D eigenvalue weighted by Crippen LogP contribution is -2.59. The van der Waals surface area contributed by atoms with E-state index in [-0.39, 0.29) is 5.82 Å². The number of anilines is 1. The molecule has 0 amide bonds. The van der Waals surface area contributed by atoms with Gasteiger partial charge in [-0.3, -0.25) is 4.90 Å². The van der Waals surface area contributed by atoms with Crippen molar-refractivity contribution in [2.75, 3.05) is 18.4 Å². The second-order valence-corrected chi connectivity index (χ2v) is 6.72. The fourth-order valence-corrected chi connectivity index (χ4v) is 4.01. The van der Waals surface area contributed by atoms with Gasteiger partial charge in [-0.25, -0.2) is 9.37 Å². The van der Waals surface area contributed by atoms with Crippen molar-refractivity contribution in [3.05, 3.63) is 48.4 Å². The van der Waals surface area contributed by atoms with Crippen LogP contribution in [0, 0.1) is 11.7 Å². The van der Waals surface area contributed by atoms with Gasteiger partial charge in [0.15, 0.2) is 0 Å². The van der Waals surface area contributed by atoms with Crippen LogP contribution in [0.15, 0.2) is 42.6 Å². The van der Waals surface area contributed by atoms with Gasteiger partial charge in [0.1, 0.15) is 11.6 Å². The summed E-state index contributed by atoms with van der Waals surface area (Å²) in [6.45, 7) is 4.79. The Bertz CT molecular complexity index is 658. The predicted molar refractivity (Wildman–Crippen MR) is 90.8 cm³/mol. The highest BCUT2D eigenvalue weighted by Gasteiger charge is 2.39. The van der Waals surface area contributed by atoms with Crippen LogP contribution in [0.2, 0.25) is 0 Å². The summed E-state index contributed by atoms with van der Waals surface area (Å²) in [5.74, 6) is 1.48. The highest BCUT2D eigenvalue weighted by Crippen LogP contribution is 2.34. The molecule has 3 aliphatic rings. The normalized spacial score (nSPS) is 29.5. The van der Waals surface area contributed by atoms with Gasteiger partial charge in [-0.05, 0) is 68.6 Å². The maximum absolute atomic E-state index is 13.0. The Kier molecular flexibility index (Phi) is 3.77. The number of hydrogen-bond donors (Lipinski definition) is 1. The minimum absolute atomic E-state index is 0.212. The average molecular weight is 311 g/mol. The van der Waals surface area contributed by atoms with Crippen LogP contribution in [0.4, 0.5) is 10.2 Å². The monoisotopic (exact) mass is 311 g/mol. The topological polar surface area (TPSA) is 28.2 Å². The van der Waals surface area contributed by atoms with Crippen LogP contribution < -0.4 is 5.32 Å². The number of nitrogens with one attached hydrogen (secondary N) is 1. The Hall–Kier alpha value is -1.94. The van der Waals surface area contributed by atoms with E-state index in [9.17, 15) is 4.39 Å². The van der Waals surface area contributed by atoms with E-state index in [1.54, 1.807) is 12.1 Å². The number of halogens is 1. The molecule has 2 unspecified atom stereocenters. The van der Waals surface area contributed by atoms with E-state index in [0.717, 1.165) is 22.9 Å². The maximum atomic E-state index is 13.0. The molecule has 0 spiro atoms. The summed E-state index contributed by atoms with van der Waals surface area (Å²) in [6.07, 6.45) is 4.44. The zero-order chi connectivity index (χ0) is 15.8. The van der Waals surface area contributed by atoms with Gasteiger partial charge in [-0.2, -0.15) is 0 Å². The molecule has 3 saturated heterocycles. The van der Waals surface area contributed by atoms with Crippen molar-refractivity contribution in [1.29, 1.82) is 0 Å². The first-order chi connectivity index (χ1) is 11.2. The molecule has 3 fully saturated rings. The summed E-state index contributed by atoms with van der Waals surface area (Å²) >= 11 is 0. The molecule has 1 aromatic heterocycles. The summed E-state index contributed by atoms with van der Waals surface area (Å²) in [5, 5.41) is 3.64. The van der Waals surface area contributed by atoms with Crippen molar-refractivity contribution in [2.45, 2.75) is 31.8 Å². The largest absolute Gasteiger partial charge is 0.365 e. The number of hydrogen-bond acceptors (Lipinski definition) is 3. The van der Waals surface area contributed by atoms with Crippen LogP contribution >= 0.6 is 0 Å². The molecule has 0 radical (unpaired) electrons. The first-order valence-corrected chi connectivity index (χ1v) is 8.43. The van der Waals surface area contributed by atoms with E-state index >= 15 is 0 Å². The summed E-state index contributed by atoms with van der Waals surface area (Å²) < 4.78 is 13.0. The van der Waals surface area contributed by atoms with Gasteiger partial charge in [-0.1, -0.05) is 12.1 Å². The fourth-order valence-electron chi connectivity index (χ4n) is 4.01. The number of piperidine rings is 3. The molecule has 1 aromatic carbocycles. The molecule has 3 aliphatic heterocycles. The van der Waals surface area contributed by atoms with E-state index < -0.39 is 0 Å². The second kappa shape index (κ2) is 5.93. The Morgan fingerprint density at radius 2 is 1.74 bits per heavy atom. The van der Waals surface area contributed by atoms with Crippen molar-refractivity contribution in [3.8, 4) is 11.1 Å². The molecule has 5 rings (SSSR count). The second-order valence-electron chi connectivity index (χ2n) is 6.72. The first kappa shape index (κ1) is 14.6. The van der Waals surface area contributed by atoms with E-state index in [4.69, 9.17) is 0 Å². The Morgan fingerprint density at radius 3 is 2.35 bits per heavy atom. The summed E-state index contributed by atoms with van der Waals surface area (Å²) in [6, 6.07) is 11.7.